The van der Waals surface area contributed by atoms with Gasteiger partial charge in [0.05, 0.1) is 0 Å². The van der Waals surface area contributed by atoms with Gasteiger partial charge in [-0.15, -0.1) is 0 Å². The van der Waals surface area contributed by atoms with Crippen molar-refractivity contribution >= 4 is 51.2 Å². The summed E-state index contributed by atoms with van der Waals surface area (Å²) in [4.78, 5) is 24.2. The molecule has 0 spiro atoms. The zero-order valence-electron chi connectivity index (χ0n) is 14.8. The van der Waals surface area contributed by atoms with Crippen LogP contribution in [0.3, 0.4) is 0 Å². The second-order valence-corrected chi connectivity index (χ2v) is 7.59. The number of nitrogens with one attached hydrogen (secondary N) is 2. The number of carbonyl (C=O) groups is 2. The Morgan fingerprint density at radius 2 is 1.67 bits per heavy atom. The van der Waals surface area contributed by atoms with E-state index in [1.807, 2.05) is 19.9 Å². The molecule has 1 fully saturated rings. The van der Waals surface area contributed by atoms with Crippen molar-refractivity contribution in [2.24, 2.45) is 0 Å². The second-order valence-electron chi connectivity index (χ2n) is 6.26. The van der Waals surface area contributed by atoms with Crippen molar-refractivity contribution in [3.05, 3.63) is 68.7 Å². The number of amides is 2. The quantitative estimate of drug-likeness (QED) is 0.429. The number of hydrogen-bond donors (Lipinski definition) is 2. The summed E-state index contributed by atoms with van der Waals surface area (Å²) in [6.45, 7) is 4.45. The molecule has 0 atom stereocenters. The molecule has 1 saturated heterocycles. The molecule has 0 unspecified atom stereocenters. The lowest BCUT2D eigenvalue weighted by atomic mass is 10.1. The van der Waals surface area contributed by atoms with Crippen molar-refractivity contribution in [1.82, 2.24) is 10.6 Å². The predicted molar refractivity (Wildman–Crippen MR) is 111 cm³/mol. The van der Waals surface area contributed by atoms with Crippen LogP contribution in [0.4, 0.5) is 0 Å². The molecule has 2 aromatic rings. The van der Waals surface area contributed by atoms with Gasteiger partial charge in [0, 0.05) is 10.0 Å². The van der Waals surface area contributed by atoms with Gasteiger partial charge in [-0.3, -0.25) is 20.2 Å². The molecule has 0 bridgehead atoms. The van der Waals surface area contributed by atoms with Gasteiger partial charge in [0.25, 0.3) is 11.8 Å². The van der Waals surface area contributed by atoms with Gasteiger partial charge in [-0.1, -0.05) is 45.3 Å². The van der Waals surface area contributed by atoms with Crippen molar-refractivity contribution < 1.29 is 14.3 Å². The highest BCUT2D eigenvalue weighted by Crippen LogP contribution is 2.27. The van der Waals surface area contributed by atoms with E-state index in [2.05, 4.69) is 44.8 Å². The Bertz CT molecular complexity index is 943. The SMILES string of the molecule is Cc1cc(C)cc(COc2ccc(Br)cc2C=C2C(=O)NC(=S)NC2=O)c1. The van der Waals surface area contributed by atoms with Gasteiger partial charge in [-0.2, -0.15) is 0 Å². The Balaban J connectivity index is 1.89. The minimum Gasteiger partial charge on any atom is -0.488 e. The number of hydrogen-bond acceptors (Lipinski definition) is 4. The van der Waals surface area contributed by atoms with E-state index in [0.29, 0.717) is 17.9 Å². The monoisotopic (exact) mass is 444 g/mol. The number of halogens is 1. The summed E-state index contributed by atoms with van der Waals surface area (Å²) in [6.07, 6.45) is 1.49. The third-order valence-electron chi connectivity index (χ3n) is 3.89. The largest absolute Gasteiger partial charge is 0.488 e. The van der Waals surface area contributed by atoms with Crippen LogP contribution >= 0.6 is 28.1 Å². The van der Waals surface area contributed by atoms with Gasteiger partial charge in [-0.25, -0.2) is 0 Å². The summed E-state index contributed by atoms with van der Waals surface area (Å²) < 4.78 is 6.77. The van der Waals surface area contributed by atoms with Gasteiger partial charge in [0.1, 0.15) is 17.9 Å². The highest BCUT2D eigenvalue weighted by Gasteiger charge is 2.26. The lowest BCUT2D eigenvalue weighted by Gasteiger charge is -2.17. The van der Waals surface area contributed by atoms with Crippen molar-refractivity contribution in [2.75, 3.05) is 0 Å². The summed E-state index contributed by atoms with van der Waals surface area (Å²) in [5.74, 6) is -0.508. The standard InChI is InChI=1S/C20H17BrN2O3S/c1-11-5-12(2)7-13(6-11)10-26-17-4-3-15(21)8-14(17)9-16-18(24)22-20(27)23-19(16)25/h3-9H,10H2,1-2H3,(H2,22,23,24,25,27). The van der Waals surface area contributed by atoms with Gasteiger partial charge in [-0.05, 0) is 55.9 Å². The first-order valence-electron chi connectivity index (χ1n) is 8.20. The van der Waals surface area contributed by atoms with Gasteiger partial charge < -0.3 is 4.74 Å². The molecule has 7 heteroatoms. The first-order chi connectivity index (χ1) is 12.8. The fourth-order valence-electron chi connectivity index (χ4n) is 2.84. The first-order valence-corrected chi connectivity index (χ1v) is 9.40. The summed E-state index contributed by atoms with van der Waals surface area (Å²) in [7, 11) is 0. The normalized spacial score (nSPS) is 13.9. The minimum absolute atomic E-state index is 0.00248. The molecule has 3 rings (SSSR count). The van der Waals surface area contributed by atoms with E-state index in [4.69, 9.17) is 17.0 Å². The van der Waals surface area contributed by atoms with E-state index in [0.717, 1.165) is 10.0 Å². The molecule has 0 saturated carbocycles. The summed E-state index contributed by atoms with van der Waals surface area (Å²) in [5, 5.41) is 4.85. The molecular formula is C20H17BrN2O3S. The zero-order chi connectivity index (χ0) is 19.6. The molecule has 2 amide bonds. The van der Waals surface area contributed by atoms with Crippen LogP contribution in [0.5, 0.6) is 5.75 Å². The third-order valence-corrected chi connectivity index (χ3v) is 4.59. The number of thiocarbonyl (C=S) groups is 1. The molecule has 1 aliphatic heterocycles. The Kier molecular flexibility index (Phi) is 5.72. The topological polar surface area (TPSA) is 67.4 Å². The van der Waals surface area contributed by atoms with Crippen molar-refractivity contribution in [3.8, 4) is 5.75 Å². The maximum absolute atomic E-state index is 12.1. The first kappa shape index (κ1) is 19.3. The fourth-order valence-corrected chi connectivity index (χ4v) is 3.40. The van der Waals surface area contributed by atoms with Crippen molar-refractivity contribution in [3.63, 3.8) is 0 Å². The van der Waals surface area contributed by atoms with Crippen LogP contribution in [0.15, 0.2) is 46.4 Å². The average molecular weight is 445 g/mol. The van der Waals surface area contributed by atoms with E-state index in [1.165, 1.54) is 17.2 Å². The van der Waals surface area contributed by atoms with Crippen LogP contribution in [-0.2, 0) is 16.2 Å². The fraction of sp³-hybridized carbons (Fsp3) is 0.150. The highest BCUT2D eigenvalue weighted by molar-refractivity contribution is 9.10. The van der Waals surface area contributed by atoms with E-state index >= 15 is 0 Å². The molecular weight excluding hydrogens is 428 g/mol. The molecule has 1 aliphatic rings. The molecule has 2 aromatic carbocycles. The van der Waals surface area contributed by atoms with Crippen LogP contribution in [0, 0.1) is 13.8 Å². The number of ether oxygens (including phenoxy) is 1. The van der Waals surface area contributed by atoms with E-state index in [1.54, 1.807) is 12.1 Å². The average Bonchev–Trinajstić information content (AvgIpc) is 2.56. The van der Waals surface area contributed by atoms with Crippen LogP contribution in [0.25, 0.3) is 6.08 Å². The Morgan fingerprint density at radius 3 is 2.30 bits per heavy atom. The maximum Gasteiger partial charge on any atom is 0.263 e. The van der Waals surface area contributed by atoms with Gasteiger partial charge in [0.15, 0.2) is 5.11 Å². The van der Waals surface area contributed by atoms with Crippen molar-refractivity contribution in [1.29, 1.82) is 0 Å². The molecule has 2 N–H and O–H groups in total. The lowest BCUT2D eigenvalue weighted by Crippen LogP contribution is -2.51. The minimum atomic E-state index is -0.538. The van der Waals surface area contributed by atoms with Gasteiger partial charge >= 0.3 is 0 Å². The molecule has 5 nitrogen and oxygen atoms in total. The lowest BCUT2D eigenvalue weighted by molar-refractivity contribution is -0.123. The maximum atomic E-state index is 12.1. The Labute approximate surface area is 170 Å². The molecule has 0 aliphatic carbocycles. The molecule has 138 valence electrons. The Hall–Kier alpha value is -2.51. The molecule has 0 radical (unpaired) electrons. The highest BCUT2D eigenvalue weighted by atomic mass is 79.9. The zero-order valence-corrected chi connectivity index (χ0v) is 17.2. The van der Waals surface area contributed by atoms with E-state index in [-0.39, 0.29) is 10.7 Å². The molecule has 1 heterocycles. The molecule has 27 heavy (non-hydrogen) atoms. The van der Waals surface area contributed by atoms with E-state index < -0.39 is 11.8 Å². The number of benzene rings is 2. The van der Waals surface area contributed by atoms with Crippen LogP contribution < -0.4 is 15.4 Å². The van der Waals surface area contributed by atoms with E-state index in [9.17, 15) is 9.59 Å². The summed E-state index contributed by atoms with van der Waals surface area (Å²) >= 11 is 8.23. The number of aryl methyl sites for hydroxylation is 2. The van der Waals surface area contributed by atoms with Crippen LogP contribution in [0.2, 0.25) is 0 Å². The number of carbonyl (C=O) groups excluding carboxylic acids is 2. The van der Waals surface area contributed by atoms with Crippen LogP contribution in [0.1, 0.15) is 22.3 Å². The molecule has 0 aromatic heterocycles. The summed E-state index contributed by atoms with van der Waals surface area (Å²) in [6, 6.07) is 11.7. The Morgan fingerprint density at radius 1 is 1.04 bits per heavy atom. The predicted octanol–water partition coefficient (Wildman–Crippen LogP) is 3.56. The summed E-state index contributed by atoms with van der Waals surface area (Å²) in [5.41, 5.74) is 3.96. The van der Waals surface area contributed by atoms with Crippen molar-refractivity contribution in [2.45, 2.75) is 20.5 Å². The third kappa shape index (κ3) is 4.81. The second kappa shape index (κ2) is 8.02. The number of rotatable bonds is 4. The smallest absolute Gasteiger partial charge is 0.263 e. The van der Waals surface area contributed by atoms with Gasteiger partial charge in [0.2, 0.25) is 0 Å². The van der Waals surface area contributed by atoms with Crippen LogP contribution in [-0.4, -0.2) is 16.9 Å².